The van der Waals surface area contributed by atoms with Crippen molar-refractivity contribution < 1.29 is 0 Å². The Morgan fingerprint density at radius 3 is 2.71 bits per heavy atom. The lowest BCUT2D eigenvalue weighted by atomic mass is 9.95. The van der Waals surface area contributed by atoms with Crippen LogP contribution in [0.3, 0.4) is 0 Å². The van der Waals surface area contributed by atoms with Crippen LogP contribution in [0, 0.1) is 5.92 Å². The van der Waals surface area contributed by atoms with Crippen molar-refractivity contribution in [2.75, 3.05) is 13.1 Å². The minimum Gasteiger partial charge on any atom is -0.327 e. The highest BCUT2D eigenvalue weighted by molar-refractivity contribution is 5.85. The number of piperidine rings is 1. The number of halogens is 1. The van der Waals surface area contributed by atoms with Gasteiger partial charge in [-0.25, -0.2) is 4.68 Å². The van der Waals surface area contributed by atoms with Crippen LogP contribution in [0.5, 0.6) is 0 Å². The van der Waals surface area contributed by atoms with Crippen LogP contribution in [0.1, 0.15) is 19.0 Å². The zero-order valence-corrected chi connectivity index (χ0v) is 13.2. The van der Waals surface area contributed by atoms with Crippen molar-refractivity contribution in [2.24, 2.45) is 11.7 Å². The van der Waals surface area contributed by atoms with Crippen LogP contribution < -0.4 is 5.73 Å². The second-order valence-electron chi connectivity index (χ2n) is 5.73. The van der Waals surface area contributed by atoms with Gasteiger partial charge in [0, 0.05) is 31.9 Å². The molecule has 1 fully saturated rings. The fraction of sp³-hybridized carbons (Fsp3) is 0.438. The van der Waals surface area contributed by atoms with Gasteiger partial charge in [0.1, 0.15) is 0 Å². The normalized spacial score (nSPS) is 22.8. The molecule has 0 saturated carbocycles. The summed E-state index contributed by atoms with van der Waals surface area (Å²) in [6.45, 7) is 5.32. The van der Waals surface area contributed by atoms with Crippen LogP contribution in [0.15, 0.2) is 42.6 Å². The van der Waals surface area contributed by atoms with Gasteiger partial charge in [-0.3, -0.25) is 4.90 Å². The summed E-state index contributed by atoms with van der Waals surface area (Å²) >= 11 is 0. The van der Waals surface area contributed by atoms with E-state index >= 15 is 0 Å². The number of nitrogens with two attached hydrogens (primary N) is 1. The van der Waals surface area contributed by atoms with Crippen LogP contribution in [-0.4, -0.2) is 33.8 Å². The molecular weight excluding hydrogens is 284 g/mol. The number of hydrogen-bond acceptors (Lipinski definition) is 3. The maximum absolute atomic E-state index is 6.09. The lowest BCUT2D eigenvalue weighted by Gasteiger charge is -2.35. The highest BCUT2D eigenvalue weighted by Crippen LogP contribution is 2.18. The minimum absolute atomic E-state index is 0. The highest BCUT2D eigenvalue weighted by atomic mass is 35.5. The van der Waals surface area contributed by atoms with Gasteiger partial charge in [-0.1, -0.05) is 25.1 Å². The quantitative estimate of drug-likeness (QED) is 0.947. The first-order valence-electron chi connectivity index (χ1n) is 7.30. The summed E-state index contributed by atoms with van der Waals surface area (Å²) in [4.78, 5) is 2.48. The van der Waals surface area contributed by atoms with E-state index in [9.17, 15) is 0 Å². The van der Waals surface area contributed by atoms with Crippen molar-refractivity contribution in [3.63, 3.8) is 0 Å². The predicted octanol–water partition coefficient (Wildman–Crippen LogP) is 2.46. The van der Waals surface area contributed by atoms with Crippen molar-refractivity contribution in [1.29, 1.82) is 0 Å². The molecule has 0 radical (unpaired) electrons. The Hall–Kier alpha value is -1.36. The zero-order valence-electron chi connectivity index (χ0n) is 12.4. The molecule has 2 atom stereocenters. The summed E-state index contributed by atoms with van der Waals surface area (Å²) in [5.41, 5.74) is 8.45. The van der Waals surface area contributed by atoms with Crippen molar-refractivity contribution in [3.05, 3.63) is 48.3 Å². The summed E-state index contributed by atoms with van der Waals surface area (Å²) in [7, 11) is 0. The molecule has 2 unspecified atom stereocenters. The number of likely N-dealkylation sites (tertiary alicyclic amines) is 1. The number of rotatable bonds is 3. The minimum atomic E-state index is 0. The van der Waals surface area contributed by atoms with Crippen molar-refractivity contribution >= 4 is 12.4 Å². The van der Waals surface area contributed by atoms with Gasteiger partial charge < -0.3 is 5.73 Å². The Morgan fingerprint density at radius 2 is 2.00 bits per heavy atom. The molecule has 2 aromatic rings. The summed E-state index contributed by atoms with van der Waals surface area (Å²) in [6.07, 6.45) is 2.96. The number of hydrogen-bond donors (Lipinski definition) is 1. The molecule has 0 spiro atoms. The van der Waals surface area contributed by atoms with E-state index in [0.717, 1.165) is 31.7 Å². The number of nitrogens with zero attached hydrogens (tertiary/aromatic N) is 3. The topological polar surface area (TPSA) is 47.1 Å². The van der Waals surface area contributed by atoms with Crippen LogP contribution in [-0.2, 0) is 6.54 Å². The van der Waals surface area contributed by atoms with Gasteiger partial charge in [-0.15, -0.1) is 12.4 Å². The molecule has 2 heterocycles. The van der Waals surface area contributed by atoms with Crippen LogP contribution in [0.25, 0.3) is 5.69 Å². The molecule has 114 valence electrons. The third kappa shape index (κ3) is 3.64. The molecule has 5 heteroatoms. The Morgan fingerprint density at radius 1 is 1.24 bits per heavy atom. The Kier molecular flexibility index (Phi) is 5.39. The van der Waals surface area contributed by atoms with Crippen LogP contribution in [0.2, 0.25) is 0 Å². The summed E-state index contributed by atoms with van der Waals surface area (Å²) < 4.78 is 2.03. The molecule has 4 nitrogen and oxygen atoms in total. The Balaban J connectivity index is 0.00000161. The van der Waals surface area contributed by atoms with Gasteiger partial charge in [-0.05, 0) is 30.5 Å². The second kappa shape index (κ2) is 7.07. The maximum Gasteiger partial charge on any atom is 0.0649 e. The van der Waals surface area contributed by atoms with Gasteiger partial charge in [0.25, 0.3) is 0 Å². The number of aromatic nitrogens is 2. The van der Waals surface area contributed by atoms with Gasteiger partial charge >= 0.3 is 0 Å². The Bertz CT molecular complexity index is 554. The third-order valence-electron chi connectivity index (χ3n) is 4.16. The molecule has 0 amide bonds. The van der Waals surface area contributed by atoms with Gasteiger partial charge in [0.05, 0.1) is 11.4 Å². The summed E-state index contributed by atoms with van der Waals surface area (Å²) in [5, 5.41) is 4.45. The van der Waals surface area contributed by atoms with Crippen molar-refractivity contribution in [1.82, 2.24) is 14.7 Å². The average molecular weight is 307 g/mol. The first-order valence-corrected chi connectivity index (χ1v) is 7.30. The molecule has 1 saturated heterocycles. The molecule has 21 heavy (non-hydrogen) atoms. The van der Waals surface area contributed by atoms with Gasteiger partial charge in [0.15, 0.2) is 0 Å². The maximum atomic E-state index is 6.09. The van der Waals surface area contributed by atoms with Crippen LogP contribution in [0.4, 0.5) is 0 Å². The predicted molar refractivity (Wildman–Crippen MR) is 87.8 cm³/mol. The van der Waals surface area contributed by atoms with Gasteiger partial charge in [-0.2, -0.15) is 5.10 Å². The van der Waals surface area contributed by atoms with E-state index in [2.05, 4.69) is 35.1 Å². The van der Waals surface area contributed by atoms with E-state index < -0.39 is 0 Å². The van der Waals surface area contributed by atoms with E-state index in [0.29, 0.717) is 12.0 Å². The number of para-hydroxylation sites is 1. The lowest BCUT2D eigenvalue weighted by molar-refractivity contribution is 0.155. The van der Waals surface area contributed by atoms with E-state index in [1.807, 2.05) is 29.1 Å². The Labute approximate surface area is 132 Å². The molecular formula is C16H23ClN4. The van der Waals surface area contributed by atoms with E-state index in [1.165, 1.54) is 5.69 Å². The van der Waals surface area contributed by atoms with E-state index in [4.69, 9.17) is 5.73 Å². The molecule has 1 aliphatic rings. The lowest BCUT2D eigenvalue weighted by Crippen LogP contribution is -2.45. The monoisotopic (exact) mass is 306 g/mol. The number of benzene rings is 1. The van der Waals surface area contributed by atoms with Crippen molar-refractivity contribution in [2.45, 2.75) is 25.9 Å². The molecule has 1 aliphatic heterocycles. The first-order chi connectivity index (χ1) is 9.74. The molecule has 2 N–H and O–H groups in total. The van der Waals surface area contributed by atoms with Crippen LogP contribution >= 0.6 is 12.4 Å². The molecule has 1 aromatic heterocycles. The van der Waals surface area contributed by atoms with Gasteiger partial charge in [0.2, 0.25) is 0 Å². The molecule has 0 bridgehead atoms. The SMILES string of the molecule is CC1CN(Cc2ccnn2-c2ccccc2)CCC1N.Cl. The first kappa shape index (κ1) is 16.0. The molecule has 1 aromatic carbocycles. The van der Waals surface area contributed by atoms with E-state index in [1.54, 1.807) is 0 Å². The zero-order chi connectivity index (χ0) is 13.9. The fourth-order valence-electron chi connectivity index (χ4n) is 2.87. The molecule has 0 aliphatic carbocycles. The fourth-order valence-corrected chi connectivity index (χ4v) is 2.87. The summed E-state index contributed by atoms with van der Waals surface area (Å²) in [6, 6.07) is 12.7. The third-order valence-corrected chi connectivity index (χ3v) is 4.16. The second-order valence-corrected chi connectivity index (χ2v) is 5.73. The largest absolute Gasteiger partial charge is 0.327 e. The molecule has 3 rings (SSSR count). The van der Waals surface area contributed by atoms with E-state index in [-0.39, 0.29) is 12.4 Å². The summed E-state index contributed by atoms with van der Waals surface area (Å²) in [5.74, 6) is 0.567. The standard InChI is InChI=1S/C16H22N4.ClH/c1-13-11-19(10-8-16(13)17)12-15-7-9-18-20(15)14-5-3-2-4-6-14;/h2-7,9,13,16H,8,10-12,17H2,1H3;1H. The average Bonchev–Trinajstić information content (AvgIpc) is 2.92. The van der Waals surface area contributed by atoms with Crippen molar-refractivity contribution in [3.8, 4) is 5.69 Å². The highest BCUT2D eigenvalue weighted by Gasteiger charge is 2.23. The smallest absolute Gasteiger partial charge is 0.0649 e.